The molecular weight excluding hydrogens is 316 g/mol. The van der Waals surface area contributed by atoms with Crippen molar-refractivity contribution >= 4 is 11.6 Å². The number of fused-ring (bicyclic) bond motifs is 2. The Hall–Kier alpha value is -2.53. The molecule has 0 bridgehead atoms. The summed E-state index contributed by atoms with van der Waals surface area (Å²) in [5.74, 6) is 0.702. The zero-order valence-electron chi connectivity index (χ0n) is 14.1. The molecule has 0 spiro atoms. The van der Waals surface area contributed by atoms with Gasteiger partial charge in [0.2, 0.25) is 0 Å². The number of ether oxygens (including phenoxy) is 1. The molecule has 25 heavy (non-hydrogen) atoms. The number of nitrogens with one attached hydrogen (secondary N) is 1. The van der Waals surface area contributed by atoms with E-state index in [1.807, 2.05) is 49.5 Å². The first kappa shape index (κ1) is 16.0. The standard InChI is InChI=1S/C20H22N2O3/c1-22-15-9-5-6-10-16(15)25-17-12-11-14(19(23)18(17)22)21-20(24)13-7-3-2-4-8-13/h2-10,14,17-19,23H,11-12H2,1H3,(H,21,24)/t14-,17-,18-,19-/m1/s1. The van der Waals surface area contributed by atoms with Crippen LogP contribution in [0.5, 0.6) is 5.75 Å². The number of rotatable bonds is 2. The molecule has 0 saturated heterocycles. The van der Waals surface area contributed by atoms with Crippen molar-refractivity contribution in [2.75, 3.05) is 11.9 Å². The lowest BCUT2D eigenvalue weighted by atomic mass is 9.83. The lowest BCUT2D eigenvalue weighted by Crippen LogP contribution is -2.64. The van der Waals surface area contributed by atoms with E-state index in [0.29, 0.717) is 12.0 Å². The highest BCUT2D eigenvalue weighted by Crippen LogP contribution is 2.39. The molecule has 1 aliphatic carbocycles. The Morgan fingerprint density at radius 3 is 2.64 bits per heavy atom. The van der Waals surface area contributed by atoms with E-state index in [9.17, 15) is 9.90 Å². The van der Waals surface area contributed by atoms with Gasteiger partial charge in [0, 0.05) is 12.6 Å². The summed E-state index contributed by atoms with van der Waals surface area (Å²) in [6.45, 7) is 0. The Morgan fingerprint density at radius 2 is 1.84 bits per heavy atom. The normalized spacial score (nSPS) is 27.7. The third kappa shape index (κ3) is 2.85. The number of hydrogen-bond donors (Lipinski definition) is 2. The molecule has 4 rings (SSSR count). The molecule has 2 aromatic carbocycles. The summed E-state index contributed by atoms with van der Waals surface area (Å²) in [5, 5.41) is 13.9. The van der Waals surface area contributed by atoms with Crippen molar-refractivity contribution in [3.63, 3.8) is 0 Å². The second-order valence-electron chi connectivity index (χ2n) is 6.74. The number of nitrogens with zero attached hydrogens (tertiary/aromatic N) is 1. The van der Waals surface area contributed by atoms with Crippen LogP contribution in [0.2, 0.25) is 0 Å². The van der Waals surface area contributed by atoms with Gasteiger partial charge >= 0.3 is 0 Å². The molecule has 2 N–H and O–H groups in total. The van der Waals surface area contributed by atoms with Gasteiger partial charge in [0.15, 0.2) is 0 Å². The van der Waals surface area contributed by atoms with Crippen LogP contribution in [-0.4, -0.2) is 42.4 Å². The van der Waals surface area contributed by atoms with E-state index in [2.05, 4.69) is 10.2 Å². The second kappa shape index (κ2) is 6.41. The lowest BCUT2D eigenvalue weighted by Gasteiger charge is -2.48. The SMILES string of the molecule is CN1c2ccccc2O[C@@H]2CC[C@@H](NC(=O)c3ccccc3)[C@@H](O)[C@@H]21. The molecule has 0 aromatic heterocycles. The summed E-state index contributed by atoms with van der Waals surface area (Å²) in [5.41, 5.74) is 1.58. The number of aliphatic hydroxyl groups excluding tert-OH is 1. The number of amides is 1. The second-order valence-corrected chi connectivity index (χ2v) is 6.74. The van der Waals surface area contributed by atoms with Crippen LogP contribution in [0.4, 0.5) is 5.69 Å². The van der Waals surface area contributed by atoms with Crippen molar-refractivity contribution in [3.05, 3.63) is 60.2 Å². The molecule has 130 valence electrons. The Labute approximate surface area is 147 Å². The molecule has 1 amide bonds. The number of carbonyl (C=O) groups is 1. The molecule has 5 nitrogen and oxygen atoms in total. The molecule has 2 aliphatic rings. The van der Waals surface area contributed by atoms with Crippen molar-refractivity contribution in [2.24, 2.45) is 0 Å². The molecule has 0 unspecified atom stereocenters. The van der Waals surface area contributed by atoms with Gasteiger partial charge in [0.05, 0.1) is 23.9 Å². The van der Waals surface area contributed by atoms with Crippen molar-refractivity contribution < 1.29 is 14.6 Å². The largest absolute Gasteiger partial charge is 0.486 e. The van der Waals surface area contributed by atoms with Crippen molar-refractivity contribution in [2.45, 2.75) is 37.1 Å². The maximum absolute atomic E-state index is 12.4. The zero-order valence-corrected chi connectivity index (χ0v) is 14.1. The monoisotopic (exact) mass is 338 g/mol. The first-order valence-corrected chi connectivity index (χ1v) is 8.67. The summed E-state index contributed by atoms with van der Waals surface area (Å²) >= 11 is 0. The minimum absolute atomic E-state index is 0.0697. The van der Waals surface area contributed by atoms with Crippen LogP contribution < -0.4 is 15.0 Å². The molecule has 5 heteroatoms. The number of anilines is 1. The number of aliphatic hydroxyl groups is 1. The molecule has 1 fully saturated rings. The van der Waals surface area contributed by atoms with E-state index < -0.39 is 6.10 Å². The number of benzene rings is 2. The van der Waals surface area contributed by atoms with Crippen molar-refractivity contribution in [1.82, 2.24) is 5.32 Å². The van der Waals surface area contributed by atoms with Crippen LogP contribution in [0, 0.1) is 0 Å². The summed E-state index contributed by atoms with van der Waals surface area (Å²) in [4.78, 5) is 14.5. The van der Waals surface area contributed by atoms with Crippen LogP contribution in [0.1, 0.15) is 23.2 Å². The molecule has 4 atom stereocenters. The fourth-order valence-corrected chi connectivity index (χ4v) is 3.92. The van der Waals surface area contributed by atoms with Gasteiger partial charge in [-0.05, 0) is 37.1 Å². The first-order valence-electron chi connectivity index (χ1n) is 8.67. The highest BCUT2D eigenvalue weighted by molar-refractivity contribution is 5.94. The van der Waals surface area contributed by atoms with E-state index in [0.717, 1.165) is 17.9 Å². The van der Waals surface area contributed by atoms with E-state index in [1.54, 1.807) is 12.1 Å². The van der Waals surface area contributed by atoms with Crippen LogP contribution in [0.25, 0.3) is 0 Å². The van der Waals surface area contributed by atoms with Crippen LogP contribution in [0.15, 0.2) is 54.6 Å². The Bertz CT molecular complexity index is 765. The predicted molar refractivity (Wildman–Crippen MR) is 96.0 cm³/mol. The average Bonchev–Trinajstić information content (AvgIpc) is 2.65. The maximum Gasteiger partial charge on any atom is 0.251 e. The summed E-state index contributed by atoms with van der Waals surface area (Å²) in [7, 11) is 1.98. The van der Waals surface area contributed by atoms with Crippen LogP contribution >= 0.6 is 0 Å². The van der Waals surface area contributed by atoms with Crippen molar-refractivity contribution in [1.29, 1.82) is 0 Å². The highest BCUT2D eigenvalue weighted by atomic mass is 16.5. The Balaban J connectivity index is 1.53. The van der Waals surface area contributed by atoms with Gasteiger partial charge in [-0.25, -0.2) is 0 Å². The fraction of sp³-hybridized carbons (Fsp3) is 0.350. The van der Waals surface area contributed by atoms with Gasteiger partial charge in [-0.1, -0.05) is 30.3 Å². The van der Waals surface area contributed by atoms with Gasteiger partial charge < -0.3 is 20.1 Å². The highest BCUT2D eigenvalue weighted by Gasteiger charge is 2.45. The van der Waals surface area contributed by atoms with Crippen molar-refractivity contribution in [3.8, 4) is 5.75 Å². The van der Waals surface area contributed by atoms with E-state index >= 15 is 0 Å². The molecule has 1 aliphatic heterocycles. The van der Waals surface area contributed by atoms with Gasteiger partial charge in [0.25, 0.3) is 5.91 Å². The third-order valence-corrected chi connectivity index (χ3v) is 5.23. The smallest absolute Gasteiger partial charge is 0.251 e. The maximum atomic E-state index is 12.4. The Morgan fingerprint density at radius 1 is 1.12 bits per heavy atom. The lowest BCUT2D eigenvalue weighted by molar-refractivity contribution is -0.000921. The summed E-state index contributed by atoms with van der Waals surface area (Å²) in [6, 6.07) is 16.5. The Kier molecular flexibility index (Phi) is 4.09. The number of hydrogen-bond acceptors (Lipinski definition) is 4. The topological polar surface area (TPSA) is 61.8 Å². The number of likely N-dealkylation sites (N-methyl/N-ethyl adjacent to an activating group) is 1. The zero-order chi connectivity index (χ0) is 17.4. The van der Waals surface area contributed by atoms with E-state index in [1.165, 1.54) is 0 Å². The fourth-order valence-electron chi connectivity index (χ4n) is 3.92. The summed E-state index contributed by atoms with van der Waals surface area (Å²) in [6.07, 6.45) is 0.724. The van der Waals surface area contributed by atoms with Gasteiger partial charge in [0.1, 0.15) is 11.9 Å². The molecule has 0 radical (unpaired) electrons. The van der Waals surface area contributed by atoms with Gasteiger partial charge in [-0.2, -0.15) is 0 Å². The molecular formula is C20H22N2O3. The van der Waals surface area contributed by atoms with E-state index in [4.69, 9.17) is 4.74 Å². The quantitative estimate of drug-likeness (QED) is 0.881. The molecule has 1 saturated carbocycles. The van der Waals surface area contributed by atoms with E-state index in [-0.39, 0.29) is 24.1 Å². The number of para-hydroxylation sites is 2. The minimum atomic E-state index is -0.690. The van der Waals surface area contributed by atoms with Crippen LogP contribution in [-0.2, 0) is 0 Å². The van der Waals surface area contributed by atoms with Crippen LogP contribution in [0.3, 0.4) is 0 Å². The summed E-state index contributed by atoms with van der Waals surface area (Å²) < 4.78 is 6.10. The predicted octanol–water partition coefficient (Wildman–Crippen LogP) is 2.21. The number of carbonyl (C=O) groups excluding carboxylic acids is 1. The minimum Gasteiger partial charge on any atom is -0.486 e. The van der Waals surface area contributed by atoms with Gasteiger partial charge in [-0.3, -0.25) is 4.79 Å². The van der Waals surface area contributed by atoms with Gasteiger partial charge in [-0.15, -0.1) is 0 Å². The average molecular weight is 338 g/mol. The first-order chi connectivity index (χ1) is 12.1. The molecule has 2 aromatic rings. The molecule has 1 heterocycles. The third-order valence-electron chi connectivity index (χ3n) is 5.23.